The van der Waals surface area contributed by atoms with Gasteiger partial charge >= 0.3 is 5.97 Å². The number of carbonyl (C=O) groups is 2. The molecule has 0 radical (unpaired) electrons. The van der Waals surface area contributed by atoms with Gasteiger partial charge in [0.1, 0.15) is 11.3 Å². The molecular weight excluding hydrogens is 306 g/mol. The van der Waals surface area contributed by atoms with Crippen LogP contribution in [0.4, 0.5) is 0 Å². The van der Waals surface area contributed by atoms with Crippen LogP contribution in [0.3, 0.4) is 0 Å². The van der Waals surface area contributed by atoms with Gasteiger partial charge in [0, 0.05) is 11.6 Å². The van der Waals surface area contributed by atoms with Crippen molar-refractivity contribution < 1.29 is 19.4 Å². The summed E-state index contributed by atoms with van der Waals surface area (Å²) in [7, 11) is 0. The van der Waals surface area contributed by atoms with Gasteiger partial charge in [-0.2, -0.15) is 0 Å². The zero-order chi connectivity index (χ0) is 17.1. The highest BCUT2D eigenvalue weighted by molar-refractivity contribution is 5.95. The summed E-state index contributed by atoms with van der Waals surface area (Å²) in [5.74, 6) is -1.23. The standard InChI is InChI=1S/C19H19NO4/c1-12-7-10-15(16(21)11-12)19(23)24-17(13-5-3-2-4-6-13)18(22)20-14-8-9-14/h2-7,10-11,14,17,21H,8-9H2,1H3,(H,20,22)/t17-/m0/s1. The molecule has 1 atom stereocenters. The van der Waals surface area contributed by atoms with Gasteiger partial charge in [-0.25, -0.2) is 4.79 Å². The maximum Gasteiger partial charge on any atom is 0.343 e. The summed E-state index contributed by atoms with van der Waals surface area (Å²) in [6.45, 7) is 1.81. The van der Waals surface area contributed by atoms with E-state index < -0.39 is 12.1 Å². The maximum atomic E-state index is 12.4. The highest BCUT2D eigenvalue weighted by Crippen LogP contribution is 2.26. The Balaban J connectivity index is 1.82. The molecule has 5 nitrogen and oxygen atoms in total. The van der Waals surface area contributed by atoms with Gasteiger partial charge in [0.2, 0.25) is 6.10 Å². The van der Waals surface area contributed by atoms with Crippen molar-refractivity contribution in [1.82, 2.24) is 5.32 Å². The summed E-state index contributed by atoms with van der Waals surface area (Å²) in [6.07, 6.45) is 0.847. The fourth-order valence-electron chi connectivity index (χ4n) is 2.39. The van der Waals surface area contributed by atoms with E-state index in [4.69, 9.17) is 4.74 Å². The van der Waals surface area contributed by atoms with Crippen LogP contribution < -0.4 is 5.32 Å². The molecule has 0 unspecified atom stereocenters. The van der Waals surface area contributed by atoms with E-state index >= 15 is 0 Å². The summed E-state index contributed by atoms with van der Waals surface area (Å²) in [5.41, 5.74) is 1.46. The molecule has 1 fully saturated rings. The number of phenols is 1. The molecule has 0 spiro atoms. The summed E-state index contributed by atoms with van der Waals surface area (Å²) in [5, 5.41) is 12.8. The van der Waals surface area contributed by atoms with Gasteiger partial charge in [0.25, 0.3) is 5.91 Å². The number of amides is 1. The molecule has 1 aliphatic rings. The van der Waals surface area contributed by atoms with Gasteiger partial charge in [-0.3, -0.25) is 4.79 Å². The number of carbonyl (C=O) groups excluding carboxylic acids is 2. The van der Waals surface area contributed by atoms with E-state index in [9.17, 15) is 14.7 Å². The predicted molar refractivity (Wildman–Crippen MR) is 88.6 cm³/mol. The molecule has 3 rings (SSSR count). The molecule has 0 aromatic heterocycles. The number of benzene rings is 2. The third-order valence-corrected chi connectivity index (χ3v) is 3.86. The second-order valence-corrected chi connectivity index (χ2v) is 6.00. The average Bonchev–Trinajstić information content (AvgIpc) is 3.37. The molecular formula is C19H19NO4. The quantitative estimate of drug-likeness (QED) is 0.829. The van der Waals surface area contributed by atoms with E-state index in [1.54, 1.807) is 30.3 Å². The number of nitrogens with one attached hydrogen (secondary N) is 1. The van der Waals surface area contributed by atoms with Crippen LogP contribution in [0.15, 0.2) is 48.5 Å². The van der Waals surface area contributed by atoms with Crippen molar-refractivity contribution in [3.63, 3.8) is 0 Å². The van der Waals surface area contributed by atoms with Gasteiger partial charge in [-0.1, -0.05) is 36.4 Å². The molecule has 0 aliphatic heterocycles. The predicted octanol–water partition coefficient (Wildman–Crippen LogP) is 2.88. The molecule has 1 aliphatic carbocycles. The van der Waals surface area contributed by atoms with Crippen LogP contribution in [-0.4, -0.2) is 23.0 Å². The lowest BCUT2D eigenvalue weighted by Gasteiger charge is -2.18. The van der Waals surface area contributed by atoms with E-state index in [1.165, 1.54) is 12.1 Å². The normalized spacial score (nSPS) is 14.7. The van der Waals surface area contributed by atoms with Crippen LogP contribution in [0, 0.1) is 6.92 Å². The van der Waals surface area contributed by atoms with Crippen molar-refractivity contribution in [2.75, 3.05) is 0 Å². The summed E-state index contributed by atoms with van der Waals surface area (Å²) in [6, 6.07) is 13.7. The molecule has 0 heterocycles. The third kappa shape index (κ3) is 3.74. The number of aromatic hydroxyl groups is 1. The Labute approximate surface area is 140 Å². The van der Waals surface area contributed by atoms with Crippen LogP contribution in [-0.2, 0) is 9.53 Å². The average molecular weight is 325 g/mol. The first-order valence-electron chi connectivity index (χ1n) is 7.90. The first-order valence-corrected chi connectivity index (χ1v) is 7.90. The maximum absolute atomic E-state index is 12.4. The lowest BCUT2D eigenvalue weighted by Crippen LogP contribution is -2.33. The summed E-state index contributed by atoms with van der Waals surface area (Å²) in [4.78, 5) is 24.9. The molecule has 5 heteroatoms. The van der Waals surface area contributed by atoms with E-state index in [0.29, 0.717) is 5.56 Å². The minimum Gasteiger partial charge on any atom is -0.507 e. The highest BCUT2D eigenvalue weighted by Gasteiger charge is 2.31. The fraction of sp³-hybridized carbons (Fsp3) is 0.263. The number of phenolic OH excluding ortho intramolecular Hbond substituents is 1. The topological polar surface area (TPSA) is 75.6 Å². The monoisotopic (exact) mass is 325 g/mol. The van der Waals surface area contributed by atoms with Crippen molar-refractivity contribution in [3.8, 4) is 5.75 Å². The Morgan fingerprint density at radius 1 is 1.17 bits per heavy atom. The summed E-state index contributed by atoms with van der Waals surface area (Å²) >= 11 is 0. The molecule has 1 amide bonds. The molecule has 124 valence electrons. The zero-order valence-electron chi connectivity index (χ0n) is 13.4. The van der Waals surface area contributed by atoms with Crippen LogP contribution in [0.25, 0.3) is 0 Å². The first-order chi connectivity index (χ1) is 11.5. The SMILES string of the molecule is Cc1ccc(C(=O)O[C@H](C(=O)NC2CC2)c2ccccc2)c(O)c1. The van der Waals surface area contributed by atoms with Crippen molar-refractivity contribution in [1.29, 1.82) is 0 Å². The number of aryl methyl sites for hydroxylation is 1. The number of esters is 1. The van der Waals surface area contributed by atoms with Crippen LogP contribution in [0.2, 0.25) is 0 Å². The molecule has 24 heavy (non-hydrogen) atoms. The van der Waals surface area contributed by atoms with E-state index in [1.807, 2.05) is 13.0 Å². The van der Waals surface area contributed by atoms with Crippen molar-refractivity contribution in [3.05, 3.63) is 65.2 Å². The summed E-state index contributed by atoms with van der Waals surface area (Å²) < 4.78 is 5.42. The fourth-order valence-corrected chi connectivity index (χ4v) is 2.39. The Kier molecular flexibility index (Phi) is 4.51. The van der Waals surface area contributed by atoms with Crippen molar-refractivity contribution in [2.24, 2.45) is 0 Å². The van der Waals surface area contributed by atoms with Crippen LogP contribution in [0.5, 0.6) is 5.75 Å². The number of hydrogen-bond donors (Lipinski definition) is 2. The van der Waals surface area contributed by atoms with E-state index in [-0.39, 0.29) is 23.3 Å². The second-order valence-electron chi connectivity index (χ2n) is 6.00. The van der Waals surface area contributed by atoms with Gasteiger partial charge in [-0.05, 0) is 37.5 Å². The Morgan fingerprint density at radius 3 is 2.50 bits per heavy atom. The molecule has 2 N–H and O–H groups in total. The molecule has 1 saturated carbocycles. The number of ether oxygens (including phenoxy) is 1. The lowest BCUT2D eigenvalue weighted by molar-refractivity contribution is -0.130. The largest absolute Gasteiger partial charge is 0.507 e. The van der Waals surface area contributed by atoms with Gasteiger partial charge in [0.05, 0.1) is 0 Å². The molecule has 0 saturated heterocycles. The second kappa shape index (κ2) is 6.74. The number of rotatable bonds is 5. The molecule has 2 aromatic rings. The van der Waals surface area contributed by atoms with Gasteiger partial charge in [-0.15, -0.1) is 0 Å². The smallest absolute Gasteiger partial charge is 0.343 e. The van der Waals surface area contributed by atoms with E-state index in [2.05, 4.69) is 5.32 Å². The minimum absolute atomic E-state index is 0.0424. The van der Waals surface area contributed by atoms with E-state index in [0.717, 1.165) is 18.4 Å². The molecule has 2 aromatic carbocycles. The Morgan fingerprint density at radius 2 is 1.88 bits per heavy atom. The first kappa shape index (κ1) is 16.1. The van der Waals surface area contributed by atoms with Crippen LogP contribution >= 0.6 is 0 Å². The van der Waals surface area contributed by atoms with Crippen molar-refractivity contribution >= 4 is 11.9 Å². The lowest BCUT2D eigenvalue weighted by atomic mass is 10.1. The number of hydrogen-bond acceptors (Lipinski definition) is 4. The van der Waals surface area contributed by atoms with Gasteiger partial charge in [0.15, 0.2) is 0 Å². The zero-order valence-corrected chi connectivity index (χ0v) is 13.4. The third-order valence-electron chi connectivity index (χ3n) is 3.86. The Hall–Kier alpha value is -2.82. The minimum atomic E-state index is -1.04. The highest BCUT2D eigenvalue weighted by atomic mass is 16.5. The van der Waals surface area contributed by atoms with Gasteiger partial charge < -0.3 is 15.2 Å². The van der Waals surface area contributed by atoms with Crippen LogP contribution in [0.1, 0.15) is 40.4 Å². The Bertz CT molecular complexity index is 753. The van der Waals surface area contributed by atoms with Crippen molar-refractivity contribution in [2.45, 2.75) is 31.9 Å². The molecule has 0 bridgehead atoms.